The van der Waals surface area contributed by atoms with E-state index in [1.165, 1.54) is 42.5 Å². The number of nitrogens with zero attached hydrogens (tertiary/aromatic N) is 2. The van der Waals surface area contributed by atoms with Crippen LogP contribution in [0.1, 0.15) is 20.7 Å². The third-order valence-electron chi connectivity index (χ3n) is 7.11. The predicted molar refractivity (Wildman–Crippen MR) is 175 cm³/mol. The molecule has 0 radical (unpaired) electrons. The van der Waals surface area contributed by atoms with Crippen molar-refractivity contribution in [2.75, 3.05) is 31.6 Å². The van der Waals surface area contributed by atoms with Crippen molar-refractivity contribution < 1.29 is 38.8 Å². The molecular formula is C31H22Cl2N4O11. The highest BCUT2D eigenvalue weighted by Crippen LogP contribution is 2.44. The van der Waals surface area contributed by atoms with Crippen LogP contribution in [-0.2, 0) is 4.74 Å². The lowest BCUT2D eigenvalue weighted by Crippen LogP contribution is -2.28. The van der Waals surface area contributed by atoms with Crippen LogP contribution in [0.5, 0.6) is 5.75 Å². The van der Waals surface area contributed by atoms with Gasteiger partial charge in [0.15, 0.2) is 0 Å². The number of amides is 1. The Morgan fingerprint density at radius 1 is 0.896 bits per heavy atom. The fraction of sp³-hybridized carbons (Fsp3) is 0.129. The van der Waals surface area contributed by atoms with Crippen LogP contribution in [0.2, 0.25) is 10.0 Å². The monoisotopic (exact) mass is 696 g/mol. The van der Waals surface area contributed by atoms with Crippen molar-refractivity contribution in [2.24, 2.45) is 0 Å². The van der Waals surface area contributed by atoms with Gasteiger partial charge in [-0.2, -0.15) is 0 Å². The second-order valence-corrected chi connectivity index (χ2v) is 10.9. The second kappa shape index (κ2) is 13.9. The van der Waals surface area contributed by atoms with E-state index in [0.29, 0.717) is 0 Å². The number of carbonyl (C=O) groups excluding carboxylic acids is 1. The Bertz CT molecular complexity index is 2150. The van der Waals surface area contributed by atoms with Gasteiger partial charge in [-0.25, -0.2) is 4.79 Å². The average Bonchev–Trinajstić information content (AvgIpc) is 3.04. The molecule has 3 aromatic rings. The average molecular weight is 697 g/mol. The van der Waals surface area contributed by atoms with Crippen molar-refractivity contribution in [3.8, 4) is 28.2 Å². The lowest BCUT2D eigenvalue weighted by atomic mass is 9.89. The van der Waals surface area contributed by atoms with E-state index in [-0.39, 0.29) is 92.3 Å². The Morgan fingerprint density at radius 2 is 1.65 bits per heavy atom. The molecule has 0 saturated carbocycles. The topological polar surface area (TPSA) is 224 Å². The van der Waals surface area contributed by atoms with Crippen LogP contribution < -0.4 is 16.1 Å². The minimum absolute atomic E-state index is 0.0410. The third kappa shape index (κ3) is 6.97. The summed E-state index contributed by atoms with van der Waals surface area (Å²) >= 11 is 12.3. The summed E-state index contributed by atoms with van der Waals surface area (Å²) in [7, 11) is 0. The molecule has 1 aliphatic carbocycles. The number of carbonyl (C=O) groups is 2. The van der Waals surface area contributed by atoms with Gasteiger partial charge in [-0.3, -0.25) is 29.8 Å². The number of nitro benzene ring substituents is 2. The van der Waals surface area contributed by atoms with E-state index in [2.05, 4.69) is 10.6 Å². The van der Waals surface area contributed by atoms with Gasteiger partial charge in [-0.05, 0) is 42.0 Å². The number of nitro groups is 2. The Kier molecular flexibility index (Phi) is 9.74. The number of carboxylic acids is 1. The maximum absolute atomic E-state index is 13.1. The molecule has 0 saturated heterocycles. The Labute approximate surface area is 278 Å². The molecule has 2 aliphatic rings. The summed E-state index contributed by atoms with van der Waals surface area (Å²) in [6.07, 6.45) is 0. The normalized spacial score (nSPS) is 11.0. The molecule has 1 heterocycles. The molecule has 1 aliphatic heterocycles. The number of non-ortho nitro benzene ring substituents is 1. The van der Waals surface area contributed by atoms with E-state index in [1.54, 1.807) is 0 Å². The van der Waals surface area contributed by atoms with Crippen LogP contribution in [0.15, 0.2) is 69.9 Å². The maximum atomic E-state index is 13.1. The lowest BCUT2D eigenvalue weighted by molar-refractivity contribution is -0.393. The summed E-state index contributed by atoms with van der Waals surface area (Å²) in [4.78, 5) is 58.5. The molecular weight excluding hydrogens is 675 g/mol. The molecule has 0 fully saturated rings. The number of benzene rings is 4. The van der Waals surface area contributed by atoms with Crippen LogP contribution in [0.4, 0.5) is 17.1 Å². The quantitative estimate of drug-likeness (QED) is 0.0514. The number of phenols is 1. The Hall–Kier alpha value is -5.77. The number of hydrogen-bond acceptors (Lipinski definition) is 11. The highest BCUT2D eigenvalue weighted by atomic mass is 35.5. The number of anilines is 1. The molecule has 0 aromatic heterocycles. The SMILES string of the molecule is O=C(NCCOCCNc1ccc([N+](=O)[O-])cc1[N+](=O)[O-])c1ccc(C(=O)O)c(-c2c3cc(Cl)c(=O)cc-3oc3cc(O)c(Cl)cc23)c1. The van der Waals surface area contributed by atoms with Crippen LogP contribution >= 0.6 is 23.2 Å². The van der Waals surface area contributed by atoms with E-state index in [1.807, 2.05) is 0 Å². The summed E-state index contributed by atoms with van der Waals surface area (Å²) in [5, 5.41) is 47.9. The van der Waals surface area contributed by atoms with Gasteiger partial charge in [0, 0.05) is 53.4 Å². The first-order chi connectivity index (χ1) is 22.8. The number of aromatic carboxylic acids is 1. The van der Waals surface area contributed by atoms with E-state index < -0.39 is 38.5 Å². The first-order valence-corrected chi connectivity index (χ1v) is 14.6. The standard InChI is InChI=1S/C31H22Cl2N4O11/c32-21-11-19-27(13-25(21)38)48-28-14-26(39)22(33)12-20(28)29(19)18-9-15(1-3-17(18)31(41)42)30(40)35-6-8-47-7-5-34-23-4-2-16(36(43)44)10-24(23)37(45)46/h1-4,9-14,34,38H,5-8H2,(H,35,40)(H,41,42). The zero-order chi connectivity index (χ0) is 34.7. The zero-order valence-corrected chi connectivity index (χ0v) is 25.8. The molecule has 0 unspecified atom stereocenters. The van der Waals surface area contributed by atoms with E-state index in [0.717, 1.165) is 18.2 Å². The largest absolute Gasteiger partial charge is 0.506 e. The molecule has 48 heavy (non-hydrogen) atoms. The fourth-order valence-electron chi connectivity index (χ4n) is 4.90. The number of ether oxygens (including phenoxy) is 1. The number of nitrogens with one attached hydrogen (secondary N) is 2. The van der Waals surface area contributed by atoms with Crippen molar-refractivity contribution in [3.63, 3.8) is 0 Å². The summed E-state index contributed by atoms with van der Waals surface area (Å²) in [5.74, 6) is -2.14. The molecule has 15 nitrogen and oxygen atoms in total. The van der Waals surface area contributed by atoms with Gasteiger partial charge in [0.2, 0.25) is 5.43 Å². The Balaban J connectivity index is 1.33. The van der Waals surface area contributed by atoms with Crippen molar-refractivity contribution in [3.05, 3.63) is 112 Å². The van der Waals surface area contributed by atoms with Gasteiger partial charge in [-0.15, -0.1) is 0 Å². The third-order valence-corrected chi connectivity index (χ3v) is 7.70. The summed E-state index contributed by atoms with van der Waals surface area (Å²) < 4.78 is 11.3. The van der Waals surface area contributed by atoms with Crippen molar-refractivity contribution in [2.45, 2.75) is 0 Å². The highest BCUT2D eigenvalue weighted by Gasteiger charge is 2.25. The van der Waals surface area contributed by atoms with Crippen molar-refractivity contribution in [1.29, 1.82) is 0 Å². The van der Waals surface area contributed by atoms with Gasteiger partial charge in [0.1, 0.15) is 22.8 Å². The number of fused-ring (bicyclic) bond motifs is 2. The van der Waals surface area contributed by atoms with Gasteiger partial charge < -0.3 is 30.0 Å². The first-order valence-electron chi connectivity index (χ1n) is 13.8. The van der Waals surface area contributed by atoms with E-state index in [4.69, 9.17) is 32.4 Å². The minimum Gasteiger partial charge on any atom is -0.506 e. The molecule has 4 N–H and O–H groups in total. The van der Waals surface area contributed by atoms with Gasteiger partial charge in [0.25, 0.3) is 17.3 Å². The molecule has 0 spiro atoms. The van der Waals surface area contributed by atoms with Crippen LogP contribution in [0.25, 0.3) is 33.4 Å². The molecule has 0 bridgehead atoms. The number of rotatable bonds is 12. The summed E-state index contributed by atoms with van der Waals surface area (Å²) in [6.45, 7) is 0.284. The number of aromatic hydroxyl groups is 1. The van der Waals surface area contributed by atoms with Crippen LogP contribution in [0.3, 0.4) is 0 Å². The number of halogens is 2. The summed E-state index contributed by atoms with van der Waals surface area (Å²) in [5.41, 5.74) is -0.786. The van der Waals surface area contributed by atoms with Gasteiger partial charge >= 0.3 is 5.97 Å². The Morgan fingerprint density at radius 3 is 2.35 bits per heavy atom. The number of hydrogen-bond donors (Lipinski definition) is 4. The predicted octanol–water partition coefficient (Wildman–Crippen LogP) is 5.95. The molecule has 17 heteroatoms. The lowest BCUT2D eigenvalue weighted by Gasteiger charge is -2.18. The van der Waals surface area contributed by atoms with Gasteiger partial charge in [0.05, 0.1) is 44.7 Å². The van der Waals surface area contributed by atoms with Crippen LogP contribution in [-0.4, -0.2) is 58.2 Å². The second-order valence-electron chi connectivity index (χ2n) is 10.1. The van der Waals surface area contributed by atoms with Crippen LogP contribution in [0, 0.1) is 20.2 Å². The van der Waals surface area contributed by atoms with Crippen molar-refractivity contribution in [1.82, 2.24) is 5.32 Å². The van der Waals surface area contributed by atoms with E-state index >= 15 is 0 Å². The molecule has 1 amide bonds. The summed E-state index contributed by atoms with van der Waals surface area (Å²) in [6, 6.07) is 12.2. The van der Waals surface area contributed by atoms with E-state index in [9.17, 15) is 44.8 Å². The minimum atomic E-state index is -1.31. The zero-order valence-electron chi connectivity index (χ0n) is 24.3. The maximum Gasteiger partial charge on any atom is 0.336 e. The van der Waals surface area contributed by atoms with Crippen molar-refractivity contribution >= 4 is 63.1 Å². The molecule has 0 atom stereocenters. The fourth-order valence-corrected chi connectivity index (χ4v) is 5.23. The first kappa shape index (κ1) is 33.6. The highest BCUT2D eigenvalue weighted by molar-refractivity contribution is 6.33. The number of phenolic OH excluding ortho intramolecular Hbond substituents is 1. The molecule has 3 aromatic carbocycles. The molecule has 5 rings (SSSR count). The number of carboxylic acid groups (broad SMARTS) is 1. The van der Waals surface area contributed by atoms with Gasteiger partial charge in [-0.1, -0.05) is 23.2 Å². The smallest absolute Gasteiger partial charge is 0.336 e. The molecule has 246 valence electrons.